The highest BCUT2D eigenvalue weighted by Gasteiger charge is 2.07. The lowest BCUT2D eigenvalue weighted by Gasteiger charge is -2.04. The van der Waals surface area contributed by atoms with Crippen LogP contribution in [0.1, 0.15) is 42.2 Å². The first kappa shape index (κ1) is 12.6. The largest absolute Gasteiger partial charge is 0.462 e. The van der Waals surface area contributed by atoms with Crippen molar-refractivity contribution < 1.29 is 9.53 Å². The van der Waals surface area contributed by atoms with Crippen molar-refractivity contribution in [1.82, 2.24) is 4.98 Å². The van der Waals surface area contributed by atoms with Gasteiger partial charge in [0.05, 0.1) is 17.9 Å². The average Bonchev–Trinajstić information content (AvgIpc) is 2.34. The van der Waals surface area contributed by atoms with Gasteiger partial charge in [0, 0.05) is 12.7 Å². The molecule has 0 bridgehead atoms. The minimum Gasteiger partial charge on any atom is -0.462 e. The van der Waals surface area contributed by atoms with Crippen LogP contribution in [-0.4, -0.2) is 17.6 Å². The number of unbranched alkanes of at least 4 members (excludes halogenated alkanes) is 2. The Morgan fingerprint density at radius 3 is 3.00 bits per heavy atom. The SMILES string of the molecule is CCCCCOC(=O)c1ccnc(CN)c1. The maximum absolute atomic E-state index is 11.6. The molecule has 88 valence electrons. The Hall–Kier alpha value is -1.42. The van der Waals surface area contributed by atoms with Crippen LogP contribution in [-0.2, 0) is 11.3 Å². The molecule has 1 heterocycles. The monoisotopic (exact) mass is 222 g/mol. The molecule has 0 aliphatic rings. The number of nitrogens with zero attached hydrogens (tertiary/aromatic N) is 1. The molecule has 0 fully saturated rings. The lowest BCUT2D eigenvalue weighted by atomic mass is 10.2. The molecule has 0 saturated heterocycles. The number of rotatable bonds is 6. The number of esters is 1. The van der Waals surface area contributed by atoms with Crippen LogP contribution in [0.5, 0.6) is 0 Å². The third-order valence-electron chi connectivity index (χ3n) is 2.24. The van der Waals surface area contributed by atoms with E-state index >= 15 is 0 Å². The lowest BCUT2D eigenvalue weighted by Crippen LogP contribution is -2.08. The number of hydrogen-bond donors (Lipinski definition) is 1. The smallest absolute Gasteiger partial charge is 0.338 e. The summed E-state index contributed by atoms with van der Waals surface area (Å²) >= 11 is 0. The van der Waals surface area contributed by atoms with Crippen molar-refractivity contribution >= 4 is 5.97 Å². The molecule has 1 aromatic rings. The quantitative estimate of drug-likeness (QED) is 0.589. The van der Waals surface area contributed by atoms with Gasteiger partial charge in [-0.2, -0.15) is 0 Å². The Balaban J connectivity index is 2.46. The van der Waals surface area contributed by atoms with Gasteiger partial charge in [-0.25, -0.2) is 4.79 Å². The van der Waals surface area contributed by atoms with Gasteiger partial charge in [-0.3, -0.25) is 4.98 Å². The van der Waals surface area contributed by atoms with E-state index in [1.54, 1.807) is 18.3 Å². The summed E-state index contributed by atoms with van der Waals surface area (Å²) < 4.78 is 5.12. The summed E-state index contributed by atoms with van der Waals surface area (Å²) in [4.78, 5) is 15.6. The van der Waals surface area contributed by atoms with Crippen molar-refractivity contribution in [3.8, 4) is 0 Å². The maximum atomic E-state index is 11.6. The number of aromatic nitrogens is 1. The van der Waals surface area contributed by atoms with Gasteiger partial charge in [-0.15, -0.1) is 0 Å². The maximum Gasteiger partial charge on any atom is 0.338 e. The van der Waals surface area contributed by atoms with E-state index in [0.717, 1.165) is 19.3 Å². The van der Waals surface area contributed by atoms with Crippen LogP contribution >= 0.6 is 0 Å². The van der Waals surface area contributed by atoms with Crippen molar-refractivity contribution in [3.63, 3.8) is 0 Å². The second-order valence-corrected chi connectivity index (χ2v) is 3.58. The van der Waals surface area contributed by atoms with Gasteiger partial charge in [-0.1, -0.05) is 19.8 Å². The molecular weight excluding hydrogens is 204 g/mol. The van der Waals surface area contributed by atoms with E-state index in [-0.39, 0.29) is 5.97 Å². The number of carbonyl (C=O) groups is 1. The third-order valence-corrected chi connectivity index (χ3v) is 2.24. The Morgan fingerprint density at radius 2 is 2.31 bits per heavy atom. The molecule has 1 rings (SSSR count). The Bertz CT molecular complexity index is 340. The topological polar surface area (TPSA) is 65.2 Å². The lowest BCUT2D eigenvalue weighted by molar-refractivity contribution is 0.0498. The second kappa shape index (κ2) is 6.95. The molecule has 0 radical (unpaired) electrons. The van der Waals surface area contributed by atoms with E-state index < -0.39 is 0 Å². The zero-order chi connectivity index (χ0) is 11.8. The van der Waals surface area contributed by atoms with Crippen LogP contribution in [0.2, 0.25) is 0 Å². The minimum absolute atomic E-state index is 0.298. The van der Waals surface area contributed by atoms with E-state index in [0.29, 0.717) is 24.4 Å². The molecule has 0 aromatic carbocycles. The Kier molecular flexibility index (Phi) is 5.50. The zero-order valence-corrected chi connectivity index (χ0v) is 9.61. The molecule has 0 spiro atoms. The predicted molar refractivity (Wildman–Crippen MR) is 61.9 cm³/mol. The fourth-order valence-electron chi connectivity index (χ4n) is 1.32. The predicted octanol–water partition coefficient (Wildman–Crippen LogP) is 1.89. The Morgan fingerprint density at radius 1 is 1.50 bits per heavy atom. The van der Waals surface area contributed by atoms with Crippen molar-refractivity contribution in [1.29, 1.82) is 0 Å². The summed E-state index contributed by atoms with van der Waals surface area (Å²) in [7, 11) is 0. The second-order valence-electron chi connectivity index (χ2n) is 3.58. The first-order valence-electron chi connectivity index (χ1n) is 5.60. The summed E-state index contributed by atoms with van der Waals surface area (Å²) in [6.07, 6.45) is 4.68. The van der Waals surface area contributed by atoms with Gasteiger partial charge >= 0.3 is 5.97 Å². The summed E-state index contributed by atoms with van der Waals surface area (Å²) in [6, 6.07) is 3.31. The van der Waals surface area contributed by atoms with Crippen LogP contribution in [0, 0.1) is 0 Å². The zero-order valence-electron chi connectivity index (χ0n) is 9.61. The molecule has 4 nitrogen and oxygen atoms in total. The van der Waals surface area contributed by atoms with E-state index in [1.165, 1.54) is 0 Å². The molecule has 16 heavy (non-hydrogen) atoms. The highest BCUT2D eigenvalue weighted by molar-refractivity contribution is 5.89. The van der Waals surface area contributed by atoms with E-state index in [9.17, 15) is 4.79 Å². The minimum atomic E-state index is -0.298. The number of pyridine rings is 1. The highest BCUT2D eigenvalue weighted by atomic mass is 16.5. The number of nitrogens with two attached hydrogens (primary N) is 1. The molecule has 0 aliphatic carbocycles. The van der Waals surface area contributed by atoms with Gasteiger partial charge in [-0.05, 0) is 18.6 Å². The van der Waals surface area contributed by atoms with Crippen LogP contribution in [0.15, 0.2) is 18.3 Å². The van der Waals surface area contributed by atoms with Gasteiger partial charge in [0.1, 0.15) is 0 Å². The van der Waals surface area contributed by atoms with Gasteiger partial charge in [0.25, 0.3) is 0 Å². The third kappa shape index (κ3) is 3.98. The van der Waals surface area contributed by atoms with Gasteiger partial charge in [0.15, 0.2) is 0 Å². The Labute approximate surface area is 95.8 Å². The van der Waals surface area contributed by atoms with Crippen molar-refractivity contribution in [2.75, 3.05) is 6.61 Å². The molecule has 4 heteroatoms. The van der Waals surface area contributed by atoms with E-state index in [2.05, 4.69) is 11.9 Å². The molecule has 2 N–H and O–H groups in total. The van der Waals surface area contributed by atoms with Crippen molar-refractivity contribution in [2.45, 2.75) is 32.7 Å². The molecule has 0 amide bonds. The first-order valence-corrected chi connectivity index (χ1v) is 5.60. The van der Waals surface area contributed by atoms with Gasteiger partial charge in [0.2, 0.25) is 0 Å². The molecule has 0 unspecified atom stereocenters. The summed E-state index contributed by atoms with van der Waals surface area (Å²) in [5.74, 6) is -0.298. The number of hydrogen-bond acceptors (Lipinski definition) is 4. The molecule has 0 saturated carbocycles. The summed E-state index contributed by atoms with van der Waals surface area (Å²) in [5, 5.41) is 0. The summed E-state index contributed by atoms with van der Waals surface area (Å²) in [6.45, 7) is 2.92. The molecular formula is C12H18N2O2. The fourth-order valence-corrected chi connectivity index (χ4v) is 1.32. The van der Waals surface area contributed by atoms with Crippen LogP contribution in [0.3, 0.4) is 0 Å². The first-order chi connectivity index (χ1) is 7.77. The highest BCUT2D eigenvalue weighted by Crippen LogP contribution is 2.04. The van der Waals surface area contributed by atoms with Crippen LogP contribution in [0.4, 0.5) is 0 Å². The van der Waals surface area contributed by atoms with E-state index in [4.69, 9.17) is 10.5 Å². The van der Waals surface area contributed by atoms with Gasteiger partial charge < -0.3 is 10.5 Å². The standard InChI is InChI=1S/C12H18N2O2/c1-2-3-4-7-16-12(15)10-5-6-14-11(8-10)9-13/h5-6,8H,2-4,7,9,13H2,1H3. The van der Waals surface area contributed by atoms with Crippen LogP contribution in [0.25, 0.3) is 0 Å². The molecule has 0 aliphatic heterocycles. The molecule has 1 aromatic heterocycles. The van der Waals surface area contributed by atoms with Crippen molar-refractivity contribution in [3.05, 3.63) is 29.6 Å². The average molecular weight is 222 g/mol. The van der Waals surface area contributed by atoms with Crippen LogP contribution < -0.4 is 5.73 Å². The number of ether oxygens (including phenoxy) is 1. The fraction of sp³-hybridized carbons (Fsp3) is 0.500. The normalized spacial score (nSPS) is 10.1. The molecule has 0 atom stereocenters. The summed E-state index contributed by atoms with van der Waals surface area (Å²) in [5.41, 5.74) is 6.66. The van der Waals surface area contributed by atoms with Crippen molar-refractivity contribution in [2.24, 2.45) is 5.73 Å². The number of carbonyl (C=O) groups excluding carboxylic acids is 1. The van der Waals surface area contributed by atoms with E-state index in [1.807, 2.05) is 0 Å².